The van der Waals surface area contributed by atoms with Gasteiger partial charge in [-0.2, -0.15) is 0 Å². The number of rotatable bonds is 11. The van der Waals surface area contributed by atoms with Crippen molar-refractivity contribution < 1.29 is 0 Å². The molecule has 0 heterocycles. The van der Waals surface area contributed by atoms with E-state index in [4.69, 9.17) is 0 Å². The van der Waals surface area contributed by atoms with Crippen molar-refractivity contribution in [2.45, 2.75) is 106 Å². The normalized spacial score (nSPS) is 13.7. The first-order valence-electron chi connectivity index (χ1n) is 43.5. The summed E-state index contributed by atoms with van der Waals surface area (Å²) in [5.41, 5.74) is 42.7. The highest BCUT2D eigenvalue weighted by atomic mass is 79.9. The average Bonchev–Trinajstić information content (AvgIpc) is 0.934. The van der Waals surface area contributed by atoms with E-state index in [9.17, 15) is 0 Å². The Morgan fingerprint density at radius 1 is 0.274 bits per heavy atom. The van der Waals surface area contributed by atoms with Crippen molar-refractivity contribution in [1.82, 2.24) is 0 Å². The van der Waals surface area contributed by atoms with Gasteiger partial charge >= 0.3 is 0 Å². The van der Waals surface area contributed by atoms with Gasteiger partial charge in [0, 0.05) is 93.1 Å². The van der Waals surface area contributed by atoms with Crippen LogP contribution in [0.4, 0.5) is 34.1 Å². The van der Waals surface area contributed by atoms with E-state index >= 15 is 0 Å². The van der Waals surface area contributed by atoms with Gasteiger partial charge in [0.1, 0.15) is 4.48 Å². The molecule has 124 heavy (non-hydrogen) atoms. The highest BCUT2D eigenvalue weighted by molar-refractivity contribution is 9.15. The van der Waals surface area contributed by atoms with Crippen molar-refractivity contribution >= 4 is 124 Å². The van der Waals surface area contributed by atoms with Crippen LogP contribution in [0.25, 0.3) is 125 Å². The molecule has 0 unspecified atom stereocenters. The summed E-state index contributed by atoms with van der Waals surface area (Å²) in [5.74, 6) is 0. The molecule has 0 aromatic heterocycles. The van der Waals surface area contributed by atoms with Gasteiger partial charge in [0.25, 0.3) is 0 Å². The number of hydrogen-bond acceptors (Lipinski definition) is 2. The Labute approximate surface area is 745 Å². The van der Waals surface area contributed by atoms with Gasteiger partial charge in [0.15, 0.2) is 5.56 Å². The maximum atomic E-state index is 3.64. The maximum absolute atomic E-state index is 3.64. The van der Waals surface area contributed by atoms with Crippen LogP contribution in [0.2, 0.25) is 0 Å². The third kappa shape index (κ3) is 12.6. The summed E-state index contributed by atoms with van der Waals surface area (Å²) < 4.78 is 2.24. The summed E-state index contributed by atoms with van der Waals surface area (Å²) in [5, 5.41) is 13.8. The molecule has 0 atom stereocenters. The maximum Gasteiger partial charge on any atom is 0.156 e. The highest BCUT2D eigenvalue weighted by Gasteiger charge is 2.41. The Bertz CT molecular complexity index is 7410. The van der Waals surface area contributed by atoms with E-state index in [0.29, 0.717) is 0 Å². The first-order valence-corrected chi connectivity index (χ1v) is 45.1. The van der Waals surface area contributed by atoms with Crippen LogP contribution in [0, 0.1) is 47.6 Å². The molecule has 0 aliphatic heterocycles. The first-order chi connectivity index (χ1) is 60.1. The van der Waals surface area contributed by atoms with Gasteiger partial charge in [-0.25, -0.2) is 0 Å². The number of halogens is 2. The Morgan fingerprint density at radius 2 is 0.645 bits per heavy atom. The van der Waals surface area contributed by atoms with Crippen LogP contribution in [0.5, 0.6) is 0 Å². The molecule has 0 saturated carbocycles. The lowest BCUT2D eigenvalue weighted by molar-refractivity contribution is 0.660. The summed E-state index contributed by atoms with van der Waals surface area (Å²) >= 11 is 7.25. The molecule has 0 spiro atoms. The van der Waals surface area contributed by atoms with E-state index in [1.54, 1.807) is 0 Å². The Kier molecular flexibility index (Phi) is 19.0. The van der Waals surface area contributed by atoms with Crippen molar-refractivity contribution in [2.75, 3.05) is 9.80 Å². The molecule has 2 nitrogen and oxygen atoms in total. The number of hydrogen-bond donors (Lipinski definition) is 0. The van der Waals surface area contributed by atoms with Crippen LogP contribution < -0.4 is 15.0 Å². The molecule has 0 N–H and O–H groups in total. The van der Waals surface area contributed by atoms with Crippen molar-refractivity contribution in [3.63, 3.8) is 0 Å². The molecule has 0 radical (unpaired) electrons. The minimum Gasteiger partial charge on any atom is -0.309 e. The third-order valence-corrected chi connectivity index (χ3v) is 29.4. The SMILES string of the molecule is BrC1=c2ccc3ccc(Br)c4ccc(c2c34)[C+]=C1.Cc1ccc(-c2ccccc2)cc1Cc1ccc2c(c1C)-c1ccccc1C2(C)C.Cc1ccc(-c2ccccc2)cc1N(c1ccc2c(c1C)-c1ccccc1C2(C)C)c1ccc2ccc3c(N(c4cc(-c5ccccc5)ccc4C)c4ccc5c(c4C)-c4ccccc4C5(C)C)ccc4ccc1c2c43. The van der Waals surface area contributed by atoms with E-state index in [0.717, 1.165) is 26.8 Å². The van der Waals surface area contributed by atoms with E-state index < -0.39 is 0 Å². The quantitative estimate of drug-likeness (QED) is 0.0941. The molecule has 598 valence electrons. The lowest BCUT2D eigenvalue weighted by Gasteiger charge is -2.33. The van der Waals surface area contributed by atoms with Crippen LogP contribution >= 0.6 is 31.9 Å². The van der Waals surface area contributed by atoms with Crippen molar-refractivity contribution in [3.05, 3.63) is 445 Å². The second-order valence-electron chi connectivity index (χ2n) is 36.2. The van der Waals surface area contributed by atoms with Gasteiger partial charge in [0.05, 0.1) is 28.1 Å². The Morgan fingerprint density at radius 3 is 1.11 bits per heavy atom. The minimum atomic E-state index is -0.109. The minimum absolute atomic E-state index is 0.0678. The fourth-order valence-corrected chi connectivity index (χ4v) is 22.3. The summed E-state index contributed by atoms with van der Waals surface area (Å²) in [6.45, 7) is 28.0. The van der Waals surface area contributed by atoms with E-state index in [1.165, 1.54) is 232 Å². The highest BCUT2D eigenvalue weighted by Crippen LogP contribution is 2.58. The lowest BCUT2D eigenvalue weighted by Crippen LogP contribution is -2.17. The van der Waals surface area contributed by atoms with Crippen LogP contribution in [-0.2, 0) is 22.7 Å². The van der Waals surface area contributed by atoms with Gasteiger partial charge in [0.2, 0.25) is 0 Å². The topological polar surface area (TPSA) is 6.48 Å². The molecule has 4 aliphatic rings. The lowest BCUT2D eigenvalue weighted by atomic mass is 9.81. The molecule has 19 aromatic carbocycles. The first kappa shape index (κ1) is 78.2. The van der Waals surface area contributed by atoms with E-state index in [2.05, 4.69) is 471 Å². The Hall–Kier alpha value is -13.1. The molecule has 4 aliphatic carbocycles. The molecular formula is C120H95Br2N2+. The monoisotopic (exact) mass is 1720 g/mol. The van der Waals surface area contributed by atoms with Crippen LogP contribution in [0.1, 0.15) is 125 Å². The smallest absolute Gasteiger partial charge is 0.156 e. The molecule has 19 aromatic rings. The number of allylic oxidation sites excluding steroid dienone is 1. The van der Waals surface area contributed by atoms with Gasteiger partial charge in [-0.1, -0.05) is 337 Å². The van der Waals surface area contributed by atoms with Gasteiger partial charge in [-0.15, -0.1) is 0 Å². The molecule has 0 fully saturated rings. The number of anilines is 6. The number of aryl methyl sites for hydroxylation is 3. The second-order valence-corrected chi connectivity index (χ2v) is 37.9. The number of nitrogens with zero attached hydrogens (tertiary/aromatic N) is 2. The fraction of sp³-hybridized carbons (Fsp3) is 0.133. The molecular weight excluding hydrogens is 1630 g/mol. The van der Waals surface area contributed by atoms with Crippen molar-refractivity contribution in [2.24, 2.45) is 0 Å². The second kappa shape index (κ2) is 30.2. The van der Waals surface area contributed by atoms with Crippen molar-refractivity contribution in [1.29, 1.82) is 0 Å². The van der Waals surface area contributed by atoms with E-state index in [1.807, 2.05) is 6.08 Å². The van der Waals surface area contributed by atoms with Crippen LogP contribution in [0.3, 0.4) is 0 Å². The van der Waals surface area contributed by atoms with Crippen molar-refractivity contribution in [3.8, 4) is 66.8 Å². The summed E-state index contributed by atoms with van der Waals surface area (Å²) in [7, 11) is 0. The van der Waals surface area contributed by atoms with Gasteiger partial charge in [-0.3, -0.25) is 0 Å². The Balaban J connectivity index is 0.000000158. The largest absolute Gasteiger partial charge is 0.309 e. The van der Waals surface area contributed by atoms with Crippen LogP contribution in [0.15, 0.2) is 350 Å². The zero-order chi connectivity index (χ0) is 84.9. The molecule has 0 saturated heterocycles. The van der Waals surface area contributed by atoms with Crippen LogP contribution in [-0.4, -0.2) is 0 Å². The summed E-state index contributed by atoms with van der Waals surface area (Å²) in [6, 6.07) is 126. The van der Waals surface area contributed by atoms with Gasteiger partial charge in [-0.05, 0) is 274 Å². The summed E-state index contributed by atoms with van der Waals surface area (Å²) in [4.78, 5) is 5.16. The predicted octanol–water partition coefficient (Wildman–Crippen LogP) is 33.3. The average molecular weight is 1720 g/mol. The summed E-state index contributed by atoms with van der Waals surface area (Å²) in [6.07, 6.45) is 6.30. The molecule has 4 heteroatoms. The standard InChI is InChI=1S/C74H60N2.C30H28.C16H7Br2/c1-45-27-29-53(49-19-11-9-12-20-49)43-67(45)75(63-41-37-61-69(47(63)3)55-23-15-17-25-59(55)73(61,5)6)65-39-33-51-32-36-58-66(40-34-52-31-35-57(65)71(51)72(52)58)76(68-44-54(30-28-46(68)2)50-21-13-10-14-22-50)64-42-38-62-70(48(64)4)56-24-16-18-26-60(56)74(62,7)8;1-20-14-15-24(22-10-6-5-7-11-22)19-25(20)18-23-16-17-28-29(21(23)2)26-12-8-9-13-27(26)30(28,3)4;17-13-8-4-10-2-6-12-14(18)7-3-9-1-5-11(13)16(10)15(9)12/h9-44H,1-8H3;5-17,19H,18H2,1-4H3;1-3,5-8H/q;;+1. The van der Waals surface area contributed by atoms with Gasteiger partial charge < -0.3 is 9.80 Å². The molecule has 23 rings (SSSR count). The predicted molar refractivity (Wildman–Crippen MR) is 536 cm³/mol. The molecule has 0 amide bonds. The zero-order valence-electron chi connectivity index (χ0n) is 72.3. The number of benzene rings is 19. The molecule has 0 bridgehead atoms. The zero-order valence-corrected chi connectivity index (χ0v) is 75.4. The number of fused-ring (bicyclic) bond motifs is 9. The van der Waals surface area contributed by atoms with E-state index in [-0.39, 0.29) is 16.2 Å². The third-order valence-electron chi connectivity index (χ3n) is 28.1. The fourth-order valence-electron chi connectivity index (χ4n) is 21.4.